The summed E-state index contributed by atoms with van der Waals surface area (Å²) in [6, 6.07) is -0.589. The van der Waals surface area contributed by atoms with E-state index in [9.17, 15) is 14.4 Å². The number of aliphatic carboxylic acids is 1. The van der Waals surface area contributed by atoms with Crippen LogP contribution in [0.5, 0.6) is 0 Å². The van der Waals surface area contributed by atoms with Gasteiger partial charge in [-0.15, -0.1) is 0 Å². The molecule has 0 aromatic heterocycles. The number of carboxylic acid groups (broad SMARTS) is 1. The van der Waals surface area contributed by atoms with Gasteiger partial charge in [-0.3, -0.25) is 9.59 Å². The second-order valence-electron chi connectivity index (χ2n) is 4.08. The fourth-order valence-electron chi connectivity index (χ4n) is 1.35. The summed E-state index contributed by atoms with van der Waals surface area (Å²) in [5.74, 6) is -1.48. The second kappa shape index (κ2) is 8.32. The van der Waals surface area contributed by atoms with E-state index in [1.807, 2.05) is 6.92 Å². The van der Waals surface area contributed by atoms with Crippen molar-refractivity contribution in [2.24, 2.45) is 5.73 Å². The van der Waals surface area contributed by atoms with E-state index in [0.29, 0.717) is 19.4 Å². The minimum atomic E-state index is -1.05. The summed E-state index contributed by atoms with van der Waals surface area (Å²) in [5.41, 5.74) is 4.97. The molecule has 0 spiro atoms. The number of rotatable bonds is 8. The van der Waals surface area contributed by atoms with Crippen LogP contribution in [-0.4, -0.2) is 47.0 Å². The first-order valence-corrected chi connectivity index (χ1v) is 5.93. The van der Waals surface area contributed by atoms with Crippen molar-refractivity contribution >= 4 is 17.9 Å². The number of amides is 3. The lowest BCUT2D eigenvalue weighted by molar-refractivity contribution is -0.138. The zero-order chi connectivity index (χ0) is 14.1. The van der Waals surface area contributed by atoms with Gasteiger partial charge in [-0.1, -0.05) is 6.92 Å². The SMILES string of the molecule is CCC(C)N(CC(=O)O)C(=O)NCCCC(N)=O. The fraction of sp³-hybridized carbons (Fsp3) is 0.727. The molecule has 18 heavy (non-hydrogen) atoms. The topological polar surface area (TPSA) is 113 Å². The predicted octanol–water partition coefficient (Wildman–Crippen LogP) is 0.147. The van der Waals surface area contributed by atoms with Gasteiger partial charge in [0.25, 0.3) is 0 Å². The van der Waals surface area contributed by atoms with Gasteiger partial charge in [0.15, 0.2) is 0 Å². The van der Waals surface area contributed by atoms with Crippen molar-refractivity contribution in [1.29, 1.82) is 0 Å². The van der Waals surface area contributed by atoms with E-state index >= 15 is 0 Å². The molecule has 0 saturated carbocycles. The third-order valence-corrected chi connectivity index (χ3v) is 2.57. The Morgan fingerprint density at radius 2 is 2.00 bits per heavy atom. The molecule has 104 valence electrons. The Kier molecular flexibility index (Phi) is 7.50. The van der Waals surface area contributed by atoms with E-state index in [1.54, 1.807) is 6.92 Å². The molecule has 0 aromatic carbocycles. The quantitative estimate of drug-likeness (QED) is 0.538. The highest BCUT2D eigenvalue weighted by Gasteiger charge is 2.20. The van der Waals surface area contributed by atoms with E-state index in [2.05, 4.69) is 5.32 Å². The number of carbonyl (C=O) groups is 3. The number of carbonyl (C=O) groups excluding carboxylic acids is 2. The molecule has 0 aliphatic carbocycles. The summed E-state index contributed by atoms with van der Waals surface area (Å²) >= 11 is 0. The predicted molar refractivity (Wildman–Crippen MR) is 65.9 cm³/mol. The minimum Gasteiger partial charge on any atom is -0.480 e. The molecule has 3 amide bonds. The highest BCUT2D eigenvalue weighted by Crippen LogP contribution is 2.03. The molecular formula is C11H21N3O4. The molecule has 0 bridgehead atoms. The van der Waals surface area contributed by atoms with Crippen LogP contribution in [0.15, 0.2) is 0 Å². The third-order valence-electron chi connectivity index (χ3n) is 2.57. The lowest BCUT2D eigenvalue weighted by Crippen LogP contribution is -2.47. The van der Waals surface area contributed by atoms with Crippen LogP contribution in [0.4, 0.5) is 4.79 Å². The molecule has 0 rings (SSSR count). The first-order valence-electron chi connectivity index (χ1n) is 5.93. The first-order chi connectivity index (χ1) is 8.38. The van der Waals surface area contributed by atoms with Crippen LogP contribution in [0.3, 0.4) is 0 Å². The smallest absolute Gasteiger partial charge is 0.323 e. The van der Waals surface area contributed by atoms with Gasteiger partial charge in [-0.25, -0.2) is 4.79 Å². The number of nitrogens with zero attached hydrogens (tertiary/aromatic N) is 1. The average molecular weight is 259 g/mol. The van der Waals surface area contributed by atoms with E-state index in [-0.39, 0.29) is 19.0 Å². The molecule has 0 aliphatic rings. The Bertz CT molecular complexity index is 307. The zero-order valence-corrected chi connectivity index (χ0v) is 10.8. The van der Waals surface area contributed by atoms with Gasteiger partial charge in [0.05, 0.1) is 0 Å². The molecule has 0 radical (unpaired) electrons. The number of nitrogens with one attached hydrogen (secondary N) is 1. The second-order valence-corrected chi connectivity index (χ2v) is 4.08. The molecule has 1 atom stereocenters. The van der Waals surface area contributed by atoms with Crippen LogP contribution in [0.2, 0.25) is 0 Å². The fourth-order valence-corrected chi connectivity index (χ4v) is 1.35. The van der Waals surface area contributed by atoms with E-state index in [0.717, 1.165) is 0 Å². The van der Waals surface area contributed by atoms with Crippen molar-refractivity contribution in [3.8, 4) is 0 Å². The highest BCUT2D eigenvalue weighted by molar-refractivity contribution is 5.80. The molecule has 0 aliphatic heterocycles. The average Bonchev–Trinajstić information content (AvgIpc) is 2.29. The number of hydrogen-bond acceptors (Lipinski definition) is 3. The Hall–Kier alpha value is -1.79. The number of carboxylic acids is 1. The zero-order valence-electron chi connectivity index (χ0n) is 10.8. The van der Waals surface area contributed by atoms with Crippen LogP contribution < -0.4 is 11.1 Å². The van der Waals surface area contributed by atoms with Gasteiger partial charge in [0.2, 0.25) is 5.91 Å². The lowest BCUT2D eigenvalue weighted by Gasteiger charge is -2.27. The maximum absolute atomic E-state index is 11.8. The molecule has 1 unspecified atom stereocenters. The highest BCUT2D eigenvalue weighted by atomic mass is 16.4. The van der Waals surface area contributed by atoms with Gasteiger partial charge in [0, 0.05) is 19.0 Å². The van der Waals surface area contributed by atoms with Crippen molar-refractivity contribution < 1.29 is 19.5 Å². The Balaban J connectivity index is 4.21. The van der Waals surface area contributed by atoms with E-state index < -0.39 is 17.9 Å². The van der Waals surface area contributed by atoms with Crippen molar-refractivity contribution in [1.82, 2.24) is 10.2 Å². The van der Waals surface area contributed by atoms with Gasteiger partial charge in [0.1, 0.15) is 6.54 Å². The Labute approximate surface area is 106 Å². The van der Waals surface area contributed by atoms with Gasteiger partial charge in [-0.2, -0.15) is 0 Å². The van der Waals surface area contributed by atoms with Crippen molar-refractivity contribution in [2.75, 3.05) is 13.1 Å². The normalized spacial score (nSPS) is 11.7. The molecular weight excluding hydrogens is 238 g/mol. The summed E-state index contributed by atoms with van der Waals surface area (Å²) in [6.45, 7) is 3.62. The van der Waals surface area contributed by atoms with Crippen LogP contribution in [0, 0.1) is 0 Å². The largest absolute Gasteiger partial charge is 0.480 e. The number of urea groups is 1. The molecule has 0 saturated heterocycles. The molecule has 4 N–H and O–H groups in total. The van der Waals surface area contributed by atoms with Crippen molar-refractivity contribution in [3.63, 3.8) is 0 Å². The van der Waals surface area contributed by atoms with Crippen LogP contribution in [-0.2, 0) is 9.59 Å². The molecule has 0 fully saturated rings. The molecule has 0 heterocycles. The number of nitrogens with two attached hydrogens (primary N) is 1. The number of primary amides is 1. The lowest BCUT2D eigenvalue weighted by atomic mass is 10.2. The summed E-state index contributed by atoms with van der Waals surface area (Å²) in [5, 5.41) is 11.3. The maximum atomic E-state index is 11.8. The van der Waals surface area contributed by atoms with Crippen molar-refractivity contribution in [2.45, 2.75) is 39.2 Å². The molecule has 0 aromatic rings. The van der Waals surface area contributed by atoms with Gasteiger partial charge >= 0.3 is 12.0 Å². The standard InChI is InChI=1S/C11H21N3O4/c1-3-8(2)14(7-10(16)17)11(18)13-6-4-5-9(12)15/h8H,3-7H2,1-2H3,(H2,12,15)(H,13,18)(H,16,17). The van der Waals surface area contributed by atoms with Crippen molar-refractivity contribution in [3.05, 3.63) is 0 Å². The van der Waals surface area contributed by atoms with Gasteiger partial charge in [-0.05, 0) is 19.8 Å². The number of hydrogen-bond donors (Lipinski definition) is 3. The summed E-state index contributed by atoms with van der Waals surface area (Å²) < 4.78 is 0. The molecule has 7 nitrogen and oxygen atoms in total. The Morgan fingerprint density at radius 1 is 1.39 bits per heavy atom. The summed E-state index contributed by atoms with van der Waals surface area (Å²) in [4.78, 5) is 34.2. The van der Waals surface area contributed by atoms with Crippen LogP contribution in [0.25, 0.3) is 0 Å². The van der Waals surface area contributed by atoms with E-state index in [1.165, 1.54) is 4.90 Å². The first kappa shape index (κ1) is 16.2. The Morgan fingerprint density at radius 3 is 2.44 bits per heavy atom. The third kappa shape index (κ3) is 6.72. The summed E-state index contributed by atoms with van der Waals surface area (Å²) in [7, 11) is 0. The van der Waals surface area contributed by atoms with Crippen LogP contribution in [0.1, 0.15) is 33.1 Å². The molecule has 7 heteroatoms. The summed E-state index contributed by atoms with van der Waals surface area (Å²) in [6.07, 6.45) is 1.31. The van der Waals surface area contributed by atoms with Crippen LogP contribution >= 0.6 is 0 Å². The van der Waals surface area contributed by atoms with E-state index in [4.69, 9.17) is 10.8 Å². The van der Waals surface area contributed by atoms with Gasteiger partial charge < -0.3 is 21.1 Å². The monoisotopic (exact) mass is 259 g/mol. The minimum absolute atomic E-state index is 0.155. The maximum Gasteiger partial charge on any atom is 0.323 e.